The Hall–Kier alpha value is -1.43. The number of hydrogen-bond acceptors (Lipinski definition) is 2. The van der Waals surface area contributed by atoms with Crippen molar-refractivity contribution in [1.29, 1.82) is 0 Å². The zero-order valence-corrected chi connectivity index (χ0v) is 13.5. The van der Waals surface area contributed by atoms with Crippen molar-refractivity contribution in [2.75, 3.05) is 6.54 Å². The fourth-order valence-electron chi connectivity index (χ4n) is 2.41. The minimum absolute atomic E-state index is 0.000835. The molecule has 1 aromatic heterocycles. The molecule has 0 saturated carbocycles. The molecule has 3 unspecified atom stereocenters. The number of hydrogen-bond donors (Lipinski definition) is 2. The molecule has 0 radical (unpaired) electrons. The molecule has 0 bridgehead atoms. The van der Waals surface area contributed by atoms with Crippen molar-refractivity contribution in [3.05, 3.63) is 71.4 Å². The average Bonchev–Trinajstić information content (AvgIpc) is 2.51. The van der Waals surface area contributed by atoms with Gasteiger partial charge in [0.15, 0.2) is 12.4 Å². The molecule has 1 saturated heterocycles. The van der Waals surface area contributed by atoms with Crippen molar-refractivity contribution in [3.63, 3.8) is 0 Å². The topological polar surface area (TPSA) is 42.0 Å². The lowest BCUT2D eigenvalue weighted by atomic mass is 10.0. The Morgan fingerprint density at radius 2 is 1.86 bits per heavy atom. The van der Waals surface area contributed by atoms with Crippen LogP contribution >= 0.6 is 15.9 Å². The molecule has 0 spiro atoms. The minimum Gasteiger partial charge on any atom is -0.414 e. The largest absolute Gasteiger partial charge is 0.414 e. The van der Waals surface area contributed by atoms with Gasteiger partial charge < -0.3 is 10.7 Å². The predicted octanol–water partition coefficient (Wildman–Crippen LogP) is 2.40. The third-order valence-corrected chi connectivity index (χ3v) is 4.37. The molecular weight excluding hydrogens is 328 g/mol. The van der Waals surface area contributed by atoms with Crippen LogP contribution in [0.2, 0.25) is 0 Å². The zero-order valence-electron chi connectivity index (χ0n) is 11.9. The summed E-state index contributed by atoms with van der Waals surface area (Å²) < 4.78 is 1.83. The van der Waals surface area contributed by atoms with Gasteiger partial charge in [-0.1, -0.05) is 51.8 Å². The molecule has 1 aromatic carbocycles. The van der Waals surface area contributed by atoms with Gasteiger partial charge in [0.25, 0.3) is 0 Å². The van der Waals surface area contributed by atoms with Gasteiger partial charge in [-0.05, 0) is 12.5 Å². The number of benzene rings is 1. The van der Waals surface area contributed by atoms with E-state index in [1.54, 1.807) is 0 Å². The number of aromatic nitrogens is 1. The standard InChI is InChI=1S/C16H19BrN4/c1-12-5-7-13(8-6-12)14-11-18-16(15(17)19-14)20-21-9-3-2-4-10-21/h2-10,14-16,18-19H,11H2,1H3. The van der Waals surface area contributed by atoms with Crippen molar-refractivity contribution in [2.24, 2.45) is 0 Å². The third-order valence-electron chi connectivity index (χ3n) is 3.61. The van der Waals surface area contributed by atoms with Crippen molar-refractivity contribution in [2.45, 2.75) is 24.1 Å². The van der Waals surface area contributed by atoms with E-state index in [9.17, 15) is 0 Å². The predicted molar refractivity (Wildman–Crippen MR) is 87.0 cm³/mol. The van der Waals surface area contributed by atoms with Gasteiger partial charge in [0.1, 0.15) is 0 Å². The number of nitrogens with one attached hydrogen (secondary N) is 2. The SMILES string of the molecule is Cc1ccc(C2CNC([N-][n+]3ccccc3)C(Br)N2)cc1. The zero-order chi connectivity index (χ0) is 14.7. The molecule has 4 nitrogen and oxygen atoms in total. The molecule has 1 fully saturated rings. The highest BCUT2D eigenvalue weighted by molar-refractivity contribution is 9.09. The lowest BCUT2D eigenvalue weighted by Crippen LogP contribution is -2.57. The fourth-order valence-corrected chi connectivity index (χ4v) is 3.02. The average molecular weight is 347 g/mol. The van der Waals surface area contributed by atoms with E-state index in [1.807, 2.05) is 35.3 Å². The molecule has 3 atom stereocenters. The smallest absolute Gasteiger partial charge is 0.164 e. The van der Waals surface area contributed by atoms with Crippen molar-refractivity contribution in [1.82, 2.24) is 10.6 Å². The Kier molecular flexibility index (Phi) is 4.53. The summed E-state index contributed by atoms with van der Waals surface area (Å²) in [5, 5.41) is 7.05. The molecule has 2 N–H and O–H groups in total. The molecule has 0 aliphatic carbocycles. The van der Waals surface area contributed by atoms with E-state index in [0.717, 1.165) is 6.54 Å². The quantitative estimate of drug-likeness (QED) is 0.509. The van der Waals surface area contributed by atoms with Gasteiger partial charge in [0.2, 0.25) is 0 Å². The summed E-state index contributed by atoms with van der Waals surface area (Å²) in [7, 11) is 0. The maximum Gasteiger partial charge on any atom is 0.164 e. The first kappa shape index (κ1) is 14.5. The highest BCUT2D eigenvalue weighted by Crippen LogP contribution is 2.21. The van der Waals surface area contributed by atoms with Crippen molar-refractivity contribution < 1.29 is 4.68 Å². The summed E-state index contributed by atoms with van der Waals surface area (Å²) in [6, 6.07) is 14.9. The lowest BCUT2D eigenvalue weighted by molar-refractivity contribution is -0.628. The van der Waals surface area contributed by atoms with Crippen LogP contribution in [-0.2, 0) is 0 Å². The summed E-state index contributed by atoms with van der Waals surface area (Å²) >= 11 is 3.68. The summed E-state index contributed by atoms with van der Waals surface area (Å²) in [5.74, 6) is 0. The molecule has 2 heterocycles. The van der Waals surface area contributed by atoms with Crippen LogP contribution in [0.15, 0.2) is 54.9 Å². The van der Waals surface area contributed by atoms with E-state index in [0.29, 0.717) is 6.04 Å². The van der Waals surface area contributed by atoms with Crippen molar-refractivity contribution in [3.8, 4) is 0 Å². The van der Waals surface area contributed by atoms with Crippen LogP contribution in [0, 0.1) is 6.92 Å². The van der Waals surface area contributed by atoms with Crippen LogP contribution < -0.4 is 15.3 Å². The maximum absolute atomic E-state index is 4.64. The molecule has 1 aliphatic rings. The maximum atomic E-state index is 4.64. The summed E-state index contributed by atoms with van der Waals surface area (Å²) in [6.45, 7) is 2.96. The number of piperazine rings is 1. The highest BCUT2D eigenvalue weighted by Gasteiger charge is 2.25. The first-order chi connectivity index (χ1) is 10.2. The molecule has 5 heteroatoms. The molecule has 1 aliphatic heterocycles. The number of pyridine rings is 1. The Morgan fingerprint density at radius 1 is 1.14 bits per heavy atom. The minimum atomic E-state index is -0.000835. The number of nitrogens with zero attached hydrogens (tertiary/aromatic N) is 2. The van der Waals surface area contributed by atoms with Crippen LogP contribution in [0.5, 0.6) is 0 Å². The number of halogens is 1. The fraction of sp³-hybridized carbons (Fsp3) is 0.312. The Bertz CT molecular complexity index is 573. The van der Waals surface area contributed by atoms with E-state index >= 15 is 0 Å². The third kappa shape index (κ3) is 3.61. The molecular formula is C16H19BrN4. The first-order valence-corrected chi connectivity index (χ1v) is 8.01. The van der Waals surface area contributed by atoms with Gasteiger partial charge in [0, 0.05) is 30.9 Å². The molecule has 2 aromatic rings. The molecule has 21 heavy (non-hydrogen) atoms. The van der Waals surface area contributed by atoms with Gasteiger partial charge in [-0.15, -0.1) is 0 Å². The molecule has 110 valence electrons. The van der Waals surface area contributed by atoms with E-state index in [1.165, 1.54) is 11.1 Å². The van der Waals surface area contributed by atoms with Crippen LogP contribution in [0.25, 0.3) is 5.43 Å². The van der Waals surface area contributed by atoms with Crippen molar-refractivity contribution >= 4 is 15.9 Å². The normalized spacial score (nSPS) is 25.5. The number of aryl methyl sites for hydroxylation is 1. The van der Waals surface area contributed by atoms with E-state index in [2.05, 4.69) is 63.2 Å². The second kappa shape index (κ2) is 6.56. The summed E-state index contributed by atoms with van der Waals surface area (Å²) in [5.41, 5.74) is 7.22. The second-order valence-corrected chi connectivity index (χ2v) is 6.24. The first-order valence-electron chi connectivity index (χ1n) is 7.10. The summed E-state index contributed by atoms with van der Waals surface area (Å²) in [4.78, 5) is 0.0882. The van der Waals surface area contributed by atoms with Crippen LogP contribution in [0.4, 0.5) is 0 Å². The number of alkyl halides is 1. The van der Waals surface area contributed by atoms with Crippen LogP contribution in [0.3, 0.4) is 0 Å². The van der Waals surface area contributed by atoms with E-state index in [-0.39, 0.29) is 11.1 Å². The number of rotatable bonds is 3. The highest BCUT2D eigenvalue weighted by atomic mass is 79.9. The van der Waals surface area contributed by atoms with Gasteiger partial charge in [-0.2, -0.15) is 0 Å². The van der Waals surface area contributed by atoms with Gasteiger partial charge >= 0.3 is 0 Å². The van der Waals surface area contributed by atoms with Gasteiger partial charge in [0.05, 0.1) is 4.95 Å². The Morgan fingerprint density at radius 3 is 2.52 bits per heavy atom. The molecule has 0 amide bonds. The van der Waals surface area contributed by atoms with E-state index in [4.69, 9.17) is 0 Å². The Balaban J connectivity index is 1.63. The van der Waals surface area contributed by atoms with Crippen LogP contribution in [0.1, 0.15) is 17.2 Å². The van der Waals surface area contributed by atoms with Gasteiger partial charge in [-0.25, -0.2) is 4.68 Å². The van der Waals surface area contributed by atoms with Crippen LogP contribution in [-0.4, -0.2) is 17.7 Å². The van der Waals surface area contributed by atoms with E-state index < -0.39 is 0 Å². The summed E-state index contributed by atoms with van der Waals surface area (Å²) in [6.07, 6.45) is 3.88. The second-order valence-electron chi connectivity index (χ2n) is 5.26. The van der Waals surface area contributed by atoms with Gasteiger partial charge in [-0.3, -0.25) is 5.32 Å². The lowest BCUT2D eigenvalue weighted by Gasteiger charge is -2.40. The molecule has 3 rings (SSSR count). The Labute approximate surface area is 133 Å². The monoisotopic (exact) mass is 346 g/mol.